The molecule has 0 unspecified atom stereocenters. The predicted octanol–water partition coefficient (Wildman–Crippen LogP) is 3.66. The molecule has 8 nitrogen and oxygen atoms in total. The Balaban J connectivity index is 0.000000406. The molecule has 0 radical (unpaired) electrons. The number of carboxylic acids is 2. The Hall–Kier alpha value is -3.25. The van der Waals surface area contributed by atoms with Crippen LogP contribution in [-0.2, 0) is 30.6 Å². The number of aromatic carboxylic acids is 1. The van der Waals surface area contributed by atoms with Gasteiger partial charge >= 0.3 is 18.1 Å². The highest BCUT2D eigenvalue weighted by Crippen LogP contribution is 2.34. The van der Waals surface area contributed by atoms with Crippen molar-refractivity contribution in [2.75, 3.05) is 13.1 Å². The van der Waals surface area contributed by atoms with Gasteiger partial charge in [0.2, 0.25) is 0 Å². The molecule has 0 amide bonds. The first-order valence-electron chi connectivity index (χ1n) is 10.5. The monoisotopic (exact) mass is 496 g/mol. The van der Waals surface area contributed by atoms with Gasteiger partial charge in [0.15, 0.2) is 0 Å². The molecule has 3 aromatic rings. The molecule has 0 spiro atoms. The summed E-state index contributed by atoms with van der Waals surface area (Å²) in [4.78, 5) is 26.3. The minimum Gasteiger partial charge on any atom is -0.477 e. The number of aryl methyl sites for hydroxylation is 2. The molecule has 1 aliphatic rings. The number of nitrogens with zero attached hydrogens (tertiary/aromatic N) is 3. The Morgan fingerprint density at radius 2 is 1.94 bits per heavy atom. The molecule has 0 saturated carbocycles. The summed E-state index contributed by atoms with van der Waals surface area (Å²) in [6.45, 7) is 2.37. The number of carboxylic acid groups (broad SMARTS) is 2. The van der Waals surface area contributed by atoms with Gasteiger partial charge in [-0.3, -0.25) is 9.67 Å². The van der Waals surface area contributed by atoms with Crippen molar-refractivity contribution in [3.63, 3.8) is 0 Å². The van der Waals surface area contributed by atoms with Crippen LogP contribution in [-0.4, -0.2) is 56.2 Å². The zero-order valence-corrected chi connectivity index (χ0v) is 18.8. The van der Waals surface area contributed by atoms with E-state index in [-0.39, 0.29) is 0 Å². The van der Waals surface area contributed by atoms with Gasteiger partial charge in [-0.2, -0.15) is 18.3 Å². The Morgan fingerprint density at radius 3 is 2.59 bits per heavy atom. The minimum atomic E-state index is -5.08. The van der Waals surface area contributed by atoms with Gasteiger partial charge in [-0.25, -0.2) is 9.59 Å². The normalized spacial score (nSPS) is 12.3. The van der Waals surface area contributed by atoms with Crippen molar-refractivity contribution in [2.24, 2.45) is 0 Å². The topological polar surface area (TPSA) is 117 Å². The van der Waals surface area contributed by atoms with Gasteiger partial charge in [-0.1, -0.05) is 6.07 Å². The van der Waals surface area contributed by atoms with Crippen molar-refractivity contribution in [2.45, 2.75) is 38.4 Å². The first-order valence-corrected chi connectivity index (χ1v) is 11.4. The molecule has 3 N–H and O–H groups in total. The summed E-state index contributed by atoms with van der Waals surface area (Å²) in [5.41, 5.74) is 4.16. The Morgan fingerprint density at radius 1 is 1.18 bits per heavy atom. The van der Waals surface area contributed by atoms with E-state index in [1.807, 2.05) is 12.3 Å². The third-order valence-corrected chi connectivity index (χ3v) is 6.09. The largest absolute Gasteiger partial charge is 0.490 e. The third-order valence-electron chi connectivity index (χ3n) is 5.15. The molecular formula is C22H23F3N4O4S. The fourth-order valence-corrected chi connectivity index (χ4v) is 4.32. The lowest BCUT2D eigenvalue weighted by molar-refractivity contribution is -0.192. The maximum atomic E-state index is 11.8. The van der Waals surface area contributed by atoms with Crippen LogP contribution in [0.1, 0.15) is 32.9 Å². The first kappa shape index (κ1) is 25.4. The molecule has 3 heterocycles. The third kappa shape index (κ3) is 6.41. The predicted molar refractivity (Wildman–Crippen MR) is 119 cm³/mol. The molecule has 0 aliphatic heterocycles. The maximum Gasteiger partial charge on any atom is 0.490 e. The standard InChI is InChI=1S/C20H22N4O2S.C2HF3O2/c25-20(26)19-17-5-4-14-13-22-10-7-16(14)18(17)23-24(19)11-2-8-21-9-6-15-3-1-12-27-15;3-2(4,5)1(6)7/h1,3,7,10,12-13,21H,2,4-6,8-9,11H2,(H,25,26);(H,6,7). The molecule has 3 aromatic heterocycles. The number of pyridine rings is 1. The molecule has 1 aliphatic carbocycles. The molecule has 0 bridgehead atoms. The number of alkyl halides is 3. The second-order valence-electron chi connectivity index (χ2n) is 7.47. The highest BCUT2D eigenvalue weighted by atomic mass is 32.1. The lowest BCUT2D eigenvalue weighted by atomic mass is 9.90. The van der Waals surface area contributed by atoms with Crippen LogP contribution in [0.15, 0.2) is 36.0 Å². The number of hydrogen-bond acceptors (Lipinski definition) is 6. The molecular weight excluding hydrogens is 473 g/mol. The van der Waals surface area contributed by atoms with Crippen LogP contribution in [0.4, 0.5) is 13.2 Å². The van der Waals surface area contributed by atoms with Crippen LogP contribution in [0.3, 0.4) is 0 Å². The number of hydrogen-bond donors (Lipinski definition) is 3. The van der Waals surface area contributed by atoms with Crippen molar-refractivity contribution in [1.82, 2.24) is 20.1 Å². The van der Waals surface area contributed by atoms with Crippen LogP contribution >= 0.6 is 11.3 Å². The fourth-order valence-electron chi connectivity index (χ4n) is 3.62. The number of halogens is 3. The summed E-state index contributed by atoms with van der Waals surface area (Å²) >= 11 is 1.77. The van der Waals surface area contributed by atoms with E-state index in [1.54, 1.807) is 22.2 Å². The van der Waals surface area contributed by atoms with E-state index in [4.69, 9.17) is 9.90 Å². The van der Waals surface area contributed by atoms with Crippen LogP contribution in [0.25, 0.3) is 11.3 Å². The van der Waals surface area contributed by atoms with Crippen LogP contribution in [0.2, 0.25) is 0 Å². The first-order chi connectivity index (χ1) is 16.2. The zero-order chi connectivity index (χ0) is 24.7. The zero-order valence-electron chi connectivity index (χ0n) is 18.0. The van der Waals surface area contributed by atoms with Crippen molar-refractivity contribution in [1.29, 1.82) is 0 Å². The summed E-state index contributed by atoms with van der Waals surface area (Å²) in [6, 6.07) is 6.15. The fraction of sp³-hybridized carbons (Fsp3) is 0.364. The molecule has 0 saturated heterocycles. The van der Waals surface area contributed by atoms with Crippen molar-refractivity contribution in [3.05, 3.63) is 57.7 Å². The number of aliphatic carboxylic acids is 1. The van der Waals surface area contributed by atoms with Gasteiger partial charge in [0, 0.05) is 34.9 Å². The number of aromatic nitrogens is 3. The van der Waals surface area contributed by atoms with Gasteiger partial charge in [-0.15, -0.1) is 11.3 Å². The van der Waals surface area contributed by atoms with E-state index in [9.17, 15) is 23.1 Å². The Bertz CT molecular complexity index is 1130. The summed E-state index contributed by atoms with van der Waals surface area (Å²) in [5.74, 6) is -3.65. The van der Waals surface area contributed by atoms with E-state index in [2.05, 4.69) is 32.9 Å². The smallest absolute Gasteiger partial charge is 0.477 e. The van der Waals surface area contributed by atoms with Gasteiger partial charge in [0.1, 0.15) is 5.69 Å². The molecule has 34 heavy (non-hydrogen) atoms. The summed E-state index contributed by atoms with van der Waals surface area (Å²) in [6.07, 6.45) is 1.90. The Kier molecular flexibility index (Phi) is 8.40. The van der Waals surface area contributed by atoms with E-state index in [1.165, 1.54) is 4.88 Å². The number of carbonyl (C=O) groups is 2. The molecule has 182 valence electrons. The minimum absolute atomic E-state index is 0.339. The van der Waals surface area contributed by atoms with Crippen LogP contribution in [0.5, 0.6) is 0 Å². The molecule has 0 atom stereocenters. The number of nitrogens with one attached hydrogen (secondary N) is 1. The highest BCUT2D eigenvalue weighted by molar-refractivity contribution is 7.09. The lowest BCUT2D eigenvalue weighted by Gasteiger charge is -2.14. The molecule has 0 aromatic carbocycles. The van der Waals surface area contributed by atoms with Crippen LogP contribution in [0, 0.1) is 0 Å². The van der Waals surface area contributed by atoms with Crippen molar-refractivity contribution in [3.8, 4) is 11.3 Å². The number of rotatable bonds is 8. The summed E-state index contributed by atoms with van der Waals surface area (Å²) in [7, 11) is 0. The SMILES string of the molecule is O=C(O)C(F)(F)F.O=C(O)c1c2c(nn1CCCNCCc1cccs1)-c1ccncc1CC2. The highest BCUT2D eigenvalue weighted by Gasteiger charge is 2.38. The molecule has 0 fully saturated rings. The van der Waals surface area contributed by atoms with Gasteiger partial charge in [0.25, 0.3) is 0 Å². The summed E-state index contributed by atoms with van der Waals surface area (Å²) < 4.78 is 33.4. The number of thiophene rings is 1. The van der Waals surface area contributed by atoms with E-state index >= 15 is 0 Å². The lowest BCUT2D eigenvalue weighted by Crippen LogP contribution is -2.21. The second-order valence-corrected chi connectivity index (χ2v) is 8.50. The van der Waals surface area contributed by atoms with E-state index < -0.39 is 18.1 Å². The summed E-state index contributed by atoms with van der Waals surface area (Å²) in [5, 5.41) is 27.0. The molecule has 4 rings (SSSR count). The van der Waals surface area contributed by atoms with Crippen molar-refractivity contribution < 1.29 is 33.0 Å². The van der Waals surface area contributed by atoms with Gasteiger partial charge in [0.05, 0.1) is 5.69 Å². The van der Waals surface area contributed by atoms with Crippen molar-refractivity contribution >= 4 is 23.3 Å². The van der Waals surface area contributed by atoms with Gasteiger partial charge < -0.3 is 15.5 Å². The van der Waals surface area contributed by atoms with E-state index in [0.717, 1.165) is 54.7 Å². The average molecular weight is 497 g/mol. The maximum absolute atomic E-state index is 11.8. The molecule has 12 heteroatoms. The average Bonchev–Trinajstić information content (AvgIpc) is 3.43. The second kappa shape index (κ2) is 11.3. The van der Waals surface area contributed by atoms with Crippen LogP contribution < -0.4 is 5.32 Å². The van der Waals surface area contributed by atoms with Gasteiger partial charge in [-0.05, 0) is 61.8 Å². The number of fused-ring (bicyclic) bond motifs is 3. The van der Waals surface area contributed by atoms with E-state index in [0.29, 0.717) is 18.7 Å². The quantitative estimate of drug-likeness (QED) is 0.408. The Labute approximate surface area is 197 Å².